The van der Waals surface area contributed by atoms with Gasteiger partial charge in [-0.05, 0) is 25.7 Å². The maximum atomic E-state index is 10.9. The summed E-state index contributed by atoms with van der Waals surface area (Å²) < 4.78 is 0. The predicted octanol–water partition coefficient (Wildman–Crippen LogP) is 4.07. The van der Waals surface area contributed by atoms with Crippen LogP contribution in [0.1, 0.15) is 59.8 Å². The van der Waals surface area contributed by atoms with Crippen LogP contribution in [0.3, 0.4) is 0 Å². The van der Waals surface area contributed by atoms with Gasteiger partial charge in [0.15, 0.2) is 0 Å². The van der Waals surface area contributed by atoms with Crippen molar-refractivity contribution in [3.8, 4) is 12.8 Å². The summed E-state index contributed by atoms with van der Waals surface area (Å²) >= 11 is 0. The molecule has 1 aliphatic carbocycles. The van der Waals surface area contributed by atoms with Gasteiger partial charge in [0.25, 0.3) is 0 Å². The lowest BCUT2D eigenvalue weighted by Gasteiger charge is -2.24. The molecule has 1 rings (SSSR count). The van der Waals surface area contributed by atoms with Crippen molar-refractivity contribution in [2.45, 2.75) is 59.8 Å². The van der Waals surface area contributed by atoms with Crippen molar-refractivity contribution in [3.63, 3.8) is 0 Å². The van der Waals surface area contributed by atoms with E-state index in [0.717, 1.165) is 18.8 Å². The third-order valence-corrected chi connectivity index (χ3v) is 2.51. The number of hydrogen-bond donors (Lipinski definition) is 0. The zero-order valence-electron chi connectivity index (χ0n) is 10.8. The molecule has 0 aromatic carbocycles. The van der Waals surface area contributed by atoms with Crippen LogP contribution in [0.25, 0.3) is 0 Å². The van der Waals surface area contributed by atoms with Crippen LogP contribution in [0, 0.1) is 24.7 Å². The molecule has 0 N–H and O–H groups in total. The number of Topliss-reactive ketones (excluding diaryl/α,β-unsaturated/α-hetero) is 1. The Morgan fingerprint density at radius 1 is 1.27 bits per heavy atom. The Labute approximate surface area is 95.7 Å². The first-order valence-electron chi connectivity index (χ1n) is 5.95. The second-order valence-electron chi connectivity index (χ2n) is 4.29. The fourth-order valence-corrected chi connectivity index (χ4v) is 1.80. The van der Waals surface area contributed by atoms with E-state index < -0.39 is 0 Å². The van der Waals surface area contributed by atoms with Gasteiger partial charge in [0.2, 0.25) is 0 Å². The number of carbonyl (C=O) groups is 1. The highest BCUT2D eigenvalue weighted by Gasteiger charge is 2.21. The highest BCUT2D eigenvalue weighted by Crippen LogP contribution is 2.28. The van der Waals surface area contributed by atoms with Crippen LogP contribution in [0.4, 0.5) is 0 Å². The zero-order valence-corrected chi connectivity index (χ0v) is 10.8. The molecular weight excluding hydrogens is 184 g/mol. The second-order valence-corrected chi connectivity index (χ2v) is 4.29. The van der Waals surface area contributed by atoms with Gasteiger partial charge in [-0.1, -0.05) is 40.0 Å². The Morgan fingerprint density at radius 3 is 2.00 bits per heavy atom. The lowest BCUT2D eigenvalue weighted by molar-refractivity contribution is -0.122. The normalized spacial score (nSPS) is 23.9. The molecule has 15 heavy (non-hydrogen) atoms. The summed E-state index contributed by atoms with van der Waals surface area (Å²) in [5.74, 6) is 1.57. The molecule has 0 amide bonds. The summed E-state index contributed by atoms with van der Waals surface area (Å²) in [6.45, 7) is 8.22. The first kappa shape index (κ1) is 16.7. The van der Waals surface area contributed by atoms with Crippen LogP contribution in [0.5, 0.6) is 0 Å². The van der Waals surface area contributed by atoms with E-state index >= 15 is 0 Å². The van der Waals surface area contributed by atoms with Crippen molar-refractivity contribution in [2.24, 2.45) is 11.8 Å². The first-order chi connectivity index (χ1) is 7.11. The third kappa shape index (κ3) is 9.53. The molecule has 1 aliphatic rings. The molecule has 0 bridgehead atoms. The second kappa shape index (κ2) is 11.3. The molecule has 1 heteroatoms. The predicted molar refractivity (Wildman–Crippen MR) is 67.7 cm³/mol. The van der Waals surface area contributed by atoms with Crippen molar-refractivity contribution < 1.29 is 4.79 Å². The maximum Gasteiger partial charge on any atom is 0.132 e. The third-order valence-electron chi connectivity index (χ3n) is 2.51. The maximum absolute atomic E-state index is 10.9. The number of carbonyl (C=O) groups excluding carboxylic acids is 1. The van der Waals surface area contributed by atoms with Crippen LogP contribution in [0.2, 0.25) is 0 Å². The fourth-order valence-electron chi connectivity index (χ4n) is 1.80. The van der Waals surface area contributed by atoms with Gasteiger partial charge in [0.05, 0.1) is 0 Å². The lowest BCUT2D eigenvalue weighted by atomic mass is 9.81. The van der Waals surface area contributed by atoms with E-state index in [-0.39, 0.29) is 0 Å². The standard InChI is InChI=1S/C9H16O.C3H8.C2H2/c1-7-4-3-5-9(6-7)8(2)10;1-3-2;1-2/h7,9H,3-6H2,1-2H3;3H2,1-2H3;1-2H. The molecule has 88 valence electrons. The van der Waals surface area contributed by atoms with Gasteiger partial charge in [-0.3, -0.25) is 4.79 Å². The first-order valence-corrected chi connectivity index (χ1v) is 5.95. The van der Waals surface area contributed by atoms with Crippen molar-refractivity contribution in [3.05, 3.63) is 0 Å². The molecule has 1 fully saturated rings. The Hall–Kier alpha value is -0.770. The van der Waals surface area contributed by atoms with Crippen molar-refractivity contribution in [2.75, 3.05) is 0 Å². The molecule has 0 aromatic rings. The van der Waals surface area contributed by atoms with E-state index in [0.29, 0.717) is 11.7 Å². The molecule has 2 atom stereocenters. The minimum absolute atomic E-state index is 0.392. The van der Waals surface area contributed by atoms with Crippen molar-refractivity contribution in [1.29, 1.82) is 0 Å². The molecular formula is C14H26O. The van der Waals surface area contributed by atoms with Crippen LogP contribution in [-0.4, -0.2) is 5.78 Å². The number of hydrogen-bond acceptors (Lipinski definition) is 1. The lowest BCUT2D eigenvalue weighted by Crippen LogP contribution is -2.19. The molecule has 0 radical (unpaired) electrons. The highest BCUT2D eigenvalue weighted by molar-refractivity contribution is 5.78. The van der Waals surface area contributed by atoms with Crippen LogP contribution < -0.4 is 0 Å². The van der Waals surface area contributed by atoms with Crippen LogP contribution in [-0.2, 0) is 4.79 Å². The molecule has 0 spiro atoms. The van der Waals surface area contributed by atoms with Crippen LogP contribution in [0.15, 0.2) is 0 Å². The molecule has 1 saturated carbocycles. The van der Waals surface area contributed by atoms with Crippen molar-refractivity contribution >= 4 is 5.78 Å². The summed E-state index contributed by atoms with van der Waals surface area (Å²) in [4.78, 5) is 10.9. The minimum atomic E-state index is 0.392. The number of rotatable bonds is 1. The Kier molecular flexibility index (Phi) is 12.6. The van der Waals surface area contributed by atoms with Gasteiger partial charge in [-0.15, -0.1) is 12.8 Å². The highest BCUT2D eigenvalue weighted by atomic mass is 16.1. The Bertz CT molecular complexity index is 169. The van der Waals surface area contributed by atoms with E-state index in [9.17, 15) is 4.79 Å². The van der Waals surface area contributed by atoms with Gasteiger partial charge in [0.1, 0.15) is 5.78 Å². The van der Waals surface area contributed by atoms with Gasteiger partial charge in [0, 0.05) is 5.92 Å². The van der Waals surface area contributed by atoms with Gasteiger partial charge in [-0.2, -0.15) is 0 Å². The Morgan fingerprint density at radius 2 is 1.73 bits per heavy atom. The van der Waals surface area contributed by atoms with E-state index in [4.69, 9.17) is 0 Å². The zero-order chi connectivity index (χ0) is 12.3. The summed E-state index contributed by atoms with van der Waals surface area (Å²) in [5.41, 5.74) is 0. The number of ketones is 1. The fraction of sp³-hybridized carbons (Fsp3) is 0.786. The summed E-state index contributed by atoms with van der Waals surface area (Å²) in [6.07, 6.45) is 14.1. The average Bonchev–Trinajstić information content (AvgIpc) is 2.22. The average molecular weight is 210 g/mol. The monoisotopic (exact) mass is 210 g/mol. The van der Waals surface area contributed by atoms with Gasteiger partial charge in [-0.25, -0.2) is 0 Å². The number of terminal acetylenes is 1. The Balaban J connectivity index is 0. The van der Waals surface area contributed by atoms with Gasteiger partial charge < -0.3 is 0 Å². The van der Waals surface area contributed by atoms with E-state index in [1.54, 1.807) is 6.92 Å². The van der Waals surface area contributed by atoms with E-state index in [2.05, 4.69) is 33.6 Å². The van der Waals surface area contributed by atoms with Crippen molar-refractivity contribution in [1.82, 2.24) is 0 Å². The van der Waals surface area contributed by atoms with Crippen LogP contribution >= 0.6 is 0 Å². The summed E-state index contributed by atoms with van der Waals surface area (Å²) in [7, 11) is 0. The SMILES string of the molecule is C#C.CC(=O)C1CCCC(C)C1.CCC. The molecule has 0 aliphatic heterocycles. The minimum Gasteiger partial charge on any atom is -0.300 e. The molecule has 1 nitrogen and oxygen atoms in total. The molecule has 2 unspecified atom stereocenters. The largest absolute Gasteiger partial charge is 0.300 e. The molecule has 0 heterocycles. The quantitative estimate of drug-likeness (QED) is 0.596. The van der Waals surface area contributed by atoms with E-state index in [1.165, 1.54) is 19.3 Å². The van der Waals surface area contributed by atoms with E-state index in [1.807, 2.05) is 0 Å². The summed E-state index contributed by atoms with van der Waals surface area (Å²) in [5, 5.41) is 0. The topological polar surface area (TPSA) is 17.1 Å². The smallest absolute Gasteiger partial charge is 0.132 e. The molecule has 0 saturated heterocycles. The summed E-state index contributed by atoms with van der Waals surface area (Å²) in [6, 6.07) is 0. The molecule has 0 aromatic heterocycles. The van der Waals surface area contributed by atoms with Gasteiger partial charge >= 0.3 is 0 Å².